The fraction of sp³-hybridized carbons (Fsp3) is 0.390. The Hall–Kier alpha value is -3.94. The Morgan fingerprint density at radius 3 is 2.29 bits per heavy atom. The molecule has 0 saturated carbocycles. The second-order valence-electron chi connectivity index (χ2n) is 13.7. The zero-order valence-corrected chi connectivity index (χ0v) is 30.6. The number of amides is 1. The summed E-state index contributed by atoms with van der Waals surface area (Å²) in [5.41, 5.74) is 5.37. The number of ether oxygens (including phenoxy) is 3. The highest BCUT2D eigenvalue weighted by molar-refractivity contribution is 7.89. The van der Waals surface area contributed by atoms with E-state index >= 15 is 0 Å². The minimum Gasteiger partial charge on any atom is -0.392 e. The van der Waals surface area contributed by atoms with Crippen LogP contribution < -0.4 is 10.0 Å². The first kappa shape index (κ1) is 37.8. The van der Waals surface area contributed by atoms with Gasteiger partial charge in [-0.15, -0.1) is 0 Å². The largest absolute Gasteiger partial charge is 0.392 e. The van der Waals surface area contributed by atoms with Gasteiger partial charge in [-0.2, -0.15) is 4.72 Å². The fourth-order valence-electron chi connectivity index (χ4n) is 6.93. The van der Waals surface area contributed by atoms with E-state index in [-0.39, 0.29) is 36.7 Å². The van der Waals surface area contributed by atoms with Gasteiger partial charge in [0.25, 0.3) is 0 Å². The topological polar surface area (TPSA) is 126 Å². The van der Waals surface area contributed by atoms with E-state index in [2.05, 4.69) is 14.9 Å². The molecule has 2 aliphatic rings. The van der Waals surface area contributed by atoms with Crippen LogP contribution in [0.5, 0.6) is 0 Å². The molecule has 0 aliphatic carbocycles. The van der Waals surface area contributed by atoms with Gasteiger partial charge in [0.05, 0.1) is 30.3 Å². The molecule has 5 atom stereocenters. The summed E-state index contributed by atoms with van der Waals surface area (Å²) in [5.74, 6) is -0.422. The molecular formula is C41H49N3O7S. The molecule has 11 heteroatoms. The van der Waals surface area contributed by atoms with Gasteiger partial charge in [-0.05, 0) is 67.1 Å². The average Bonchev–Trinajstić information content (AvgIpc) is 3.60. The number of aryl methyl sites for hydroxylation is 1. The molecule has 276 valence electrons. The van der Waals surface area contributed by atoms with E-state index in [1.54, 1.807) is 19.2 Å². The number of aliphatic hydroxyl groups is 1. The van der Waals surface area contributed by atoms with Crippen LogP contribution in [0.25, 0.3) is 0 Å². The molecule has 0 radical (unpaired) electrons. The lowest BCUT2D eigenvalue weighted by Gasteiger charge is -2.38. The van der Waals surface area contributed by atoms with Gasteiger partial charge in [0.15, 0.2) is 6.29 Å². The molecule has 6 rings (SSSR count). The third-order valence-electron chi connectivity index (χ3n) is 9.86. The number of nitrogens with zero attached hydrogens (tertiary/aromatic N) is 1. The molecular weight excluding hydrogens is 679 g/mol. The summed E-state index contributed by atoms with van der Waals surface area (Å²) in [6.07, 6.45) is 2.29. The number of sulfonamides is 1. The van der Waals surface area contributed by atoms with Gasteiger partial charge in [-0.25, -0.2) is 8.42 Å². The second-order valence-corrected chi connectivity index (χ2v) is 15.4. The molecule has 52 heavy (non-hydrogen) atoms. The van der Waals surface area contributed by atoms with Crippen molar-refractivity contribution in [1.29, 1.82) is 0 Å². The van der Waals surface area contributed by atoms with E-state index in [1.807, 2.05) is 85.8 Å². The lowest BCUT2D eigenvalue weighted by molar-refractivity contribution is -0.253. The van der Waals surface area contributed by atoms with E-state index in [1.165, 1.54) is 12.1 Å². The highest BCUT2D eigenvalue weighted by Crippen LogP contribution is 2.38. The standard InChI is InChI=1S/C41H49N3O7S/c1-29-10-20-37(21-11-29)52(47,48)43-38(23-30-7-4-3-5-8-30)40(46)42-25-31-12-18-34(19-13-31)41-50-36(26-44-22-6-9-35(44)28-49-2)24-39(51-41)33-16-14-32(27-45)15-17-33/h3-5,7-8,10-21,35-36,38-39,41,43,45H,6,9,22-28H2,1-2H3,(H,42,46). The summed E-state index contributed by atoms with van der Waals surface area (Å²) in [7, 11) is -2.20. The van der Waals surface area contributed by atoms with Crippen LogP contribution in [0.15, 0.2) is 108 Å². The SMILES string of the molecule is COCC1CCCN1CC1CC(c2ccc(CO)cc2)OC(c2ccc(CNC(=O)C(Cc3ccccc3)NS(=O)(=O)c3ccc(C)cc3)cc2)O1. The summed E-state index contributed by atoms with van der Waals surface area (Å²) >= 11 is 0. The average molecular weight is 728 g/mol. The van der Waals surface area contributed by atoms with Crippen molar-refractivity contribution in [2.24, 2.45) is 0 Å². The number of carbonyl (C=O) groups excluding carboxylic acids is 1. The highest BCUT2D eigenvalue weighted by Gasteiger charge is 2.35. The van der Waals surface area contributed by atoms with Gasteiger partial charge in [0, 0.05) is 38.2 Å². The Balaban J connectivity index is 1.14. The van der Waals surface area contributed by atoms with Crippen molar-refractivity contribution in [3.05, 3.63) is 137 Å². The molecule has 1 amide bonds. The third-order valence-corrected chi connectivity index (χ3v) is 11.3. The van der Waals surface area contributed by atoms with Crippen molar-refractivity contribution in [3.8, 4) is 0 Å². The summed E-state index contributed by atoms with van der Waals surface area (Å²) in [4.78, 5) is 16.1. The zero-order chi connectivity index (χ0) is 36.5. The van der Waals surface area contributed by atoms with Crippen molar-refractivity contribution in [2.45, 2.75) is 81.2 Å². The van der Waals surface area contributed by atoms with E-state index in [9.17, 15) is 18.3 Å². The Kier molecular flexibility index (Phi) is 12.9. The van der Waals surface area contributed by atoms with Crippen molar-refractivity contribution < 1.29 is 32.5 Å². The fourth-order valence-corrected chi connectivity index (χ4v) is 8.12. The first-order valence-corrected chi connectivity index (χ1v) is 19.4. The van der Waals surface area contributed by atoms with Crippen LogP contribution in [0.1, 0.15) is 65.0 Å². The van der Waals surface area contributed by atoms with Gasteiger partial charge in [0.2, 0.25) is 15.9 Å². The smallest absolute Gasteiger partial charge is 0.241 e. The molecule has 4 aromatic carbocycles. The van der Waals surface area contributed by atoms with Crippen molar-refractivity contribution in [2.75, 3.05) is 26.8 Å². The van der Waals surface area contributed by atoms with Crippen molar-refractivity contribution in [1.82, 2.24) is 14.9 Å². The lowest BCUT2D eigenvalue weighted by Crippen LogP contribution is -2.47. The van der Waals surface area contributed by atoms with E-state index < -0.39 is 28.3 Å². The summed E-state index contributed by atoms with van der Waals surface area (Å²) in [6.45, 7) is 4.57. The lowest BCUT2D eigenvalue weighted by atomic mass is 9.99. The van der Waals surface area contributed by atoms with Gasteiger partial charge in [0.1, 0.15) is 6.04 Å². The van der Waals surface area contributed by atoms with Crippen LogP contribution in [0.2, 0.25) is 0 Å². The first-order valence-electron chi connectivity index (χ1n) is 17.9. The zero-order valence-electron chi connectivity index (χ0n) is 29.8. The minimum absolute atomic E-state index is 0.0143. The molecule has 2 heterocycles. The number of hydrogen-bond acceptors (Lipinski definition) is 8. The Bertz CT molecular complexity index is 1840. The molecule has 0 bridgehead atoms. The Morgan fingerprint density at radius 2 is 1.60 bits per heavy atom. The normalized spacial score (nSPS) is 21.5. The molecule has 0 spiro atoms. The van der Waals surface area contributed by atoms with Crippen LogP contribution in [-0.4, -0.2) is 69.3 Å². The maximum atomic E-state index is 13.5. The molecule has 5 unspecified atom stereocenters. The number of carbonyl (C=O) groups is 1. The molecule has 0 aromatic heterocycles. The number of rotatable bonds is 15. The number of likely N-dealkylation sites (tertiary alicyclic amines) is 1. The maximum absolute atomic E-state index is 13.5. The van der Waals surface area contributed by atoms with Gasteiger partial charge >= 0.3 is 0 Å². The monoisotopic (exact) mass is 727 g/mol. The van der Waals surface area contributed by atoms with Gasteiger partial charge < -0.3 is 24.6 Å². The number of nitrogens with one attached hydrogen (secondary N) is 2. The Labute approximate surface area is 307 Å². The van der Waals surface area contributed by atoms with Crippen LogP contribution in [0, 0.1) is 6.92 Å². The number of aliphatic hydroxyl groups excluding tert-OH is 1. The van der Waals surface area contributed by atoms with Crippen LogP contribution in [0.4, 0.5) is 0 Å². The number of hydrogen-bond donors (Lipinski definition) is 3. The number of benzene rings is 4. The van der Waals surface area contributed by atoms with E-state index in [0.717, 1.165) is 59.3 Å². The van der Waals surface area contributed by atoms with Gasteiger partial charge in [-0.3, -0.25) is 9.69 Å². The maximum Gasteiger partial charge on any atom is 0.241 e. The molecule has 2 aliphatic heterocycles. The van der Waals surface area contributed by atoms with Crippen molar-refractivity contribution >= 4 is 15.9 Å². The van der Waals surface area contributed by atoms with Gasteiger partial charge in [-0.1, -0.05) is 96.6 Å². The molecule has 10 nitrogen and oxygen atoms in total. The van der Waals surface area contributed by atoms with E-state index in [0.29, 0.717) is 19.1 Å². The van der Waals surface area contributed by atoms with Crippen LogP contribution in [0.3, 0.4) is 0 Å². The quantitative estimate of drug-likeness (QED) is 0.150. The Morgan fingerprint density at radius 1 is 0.904 bits per heavy atom. The first-order chi connectivity index (χ1) is 25.2. The molecule has 4 aromatic rings. The highest BCUT2D eigenvalue weighted by atomic mass is 32.2. The molecule has 2 fully saturated rings. The van der Waals surface area contributed by atoms with Crippen LogP contribution in [-0.2, 0) is 48.6 Å². The second kappa shape index (κ2) is 17.7. The van der Waals surface area contributed by atoms with E-state index in [4.69, 9.17) is 14.2 Å². The predicted molar refractivity (Wildman–Crippen MR) is 199 cm³/mol. The minimum atomic E-state index is -3.95. The third kappa shape index (κ3) is 9.93. The molecule has 3 N–H and O–H groups in total. The van der Waals surface area contributed by atoms with Crippen molar-refractivity contribution in [3.63, 3.8) is 0 Å². The summed E-state index contributed by atoms with van der Waals surface area (Å²) in [6, 6.07) is 30.9. The van der Waals surface area contributed by atoms with Crippen LogP contribution >= 0.6 is 0 Å². The summed E-state index contributed by atoms with van der Waals surface area (Å²) < 4.78 is 47.8. The number of methoxy groups -OCH3 is 1. The summed E-state index contributed by atoms with van der Waals surface area (Å²) in [5, 5.41) is 12.5. The molecule has 2 saturated heterocycles. The predicted octanol–water partition coefficient (Wildman–Crippen LogP) is 5.35.